The Morgan fingerprint density at radius 3 is 2.38 bits per heavy atom. The van der Waals surface area contributed by atoms with Crippen molar-refractivity contribution in [3.8, 4) is 11.5 Å². The van der Waals surface area contributed by atoms with Crippen LogP contribution in [-0.2, 0) is 25.6 Å². The summed E-state index contributed by atoms with van der Waals surface area (Å²) in [4.78, 5) is 67.9. The predicted molar refractivity (Wildman–Crippen MR) is 182 cm³/mol. The maximum Gasteiger partial charge on any atom is 0.255 e. The first-order valence-corrected chi connectivity index (χ1v) is 16.8. The minimum Gasteiger partial charge on any atom is -0.493 e. The minimum atomic E-state index is -1.32. The topological polar surface area (TPSA) is 164 Å². The number of para-hydroxylation sites is 1. The standard InChI is InChI=1S/C37H42FN5O7/c38-26-13-15-27(16-14-26)49-22-20-40-35(47)30-24-32(44)43-37(17-6-7-18-37)36(48)42-29(23-25-9-2-1-3-10-25)34(46)39-19-8-21-50-31-12-5-4-11-28(31)33(45)41-30/h1-5,9-16,29-30H,6-8,17-24H2,(H,39,46)(H,40,47)(H,41,45)(H,42,48)(H,43,44)/t29-,30-/m0/s1. The van der Waals surface area contributed by atoms with Crippen molar-refractivity contribution in [1.29, 1.82) is 0 Å². The molecule has 5 N–H and O–H groups in total. The number of amides is 5. The van der Waals surface area contributed by atoms with Crippen LogP contribution in [0.4, 0.5) is 4.39 Å². The fourth-order valence-electron chi connectivity index (χ4n) is 6.06. The van der Waals surface area contributed by atoms with E-state index < -0.39 is 53.5 Å². The summed E-state index contributed by atoms with van der Waals surface area (Å²) in [5.41, 5.74) is -0.288. The zero-order chi connectivity index (χ0) is 35.3. The van der Waals surface area contributed by atoms with Gasteiger partial charge in [0.25, 0.3) is 5.91 Å². The van der Waals surface area contributed by atoms with Crippen molar-refractivity contribution in [2.45, 2.75) is 62.6 Å². The molecular formula is C37H42FN5O7. The van der Waals surface area contributed by atoms with Gasteiger partial charge in [0, 0.05) is 13.0 Å². The van der Waals surface area contributed by atoms with E-state index in [4.69, 9.17) is 9.47 Å². The second-order valence-electron chi connectivity index (χ2n) is 12.4. The third-order valence-corrected chi connectivity index (χ3v) is 8.68. The van der Waals surface area contributed by atoms with Gasteiger partial charge < -0.3 is 36.1 Å². The summed E-state index contributed by atoms with van der Waals surface area (Å²) in [6.45, 7) is 0.496. The monoisotopic (exact) mass is 687 g/mol. The fourth-order valence-corrected chi connectivity index (χ4v) is 6.06. The first-order valence-electron chi connectivity index (χ1n) is 16.8. The Kier molecular flexibility index (Phi) is 12.4. The summed E-state index contributed by atoms with van der Waals surface area (Å²) in [6, 6.07) is 19.0. The first-order chi connectivity index (χ1) is 24.2. The van der Waals surface area contributed by atoms with E-state index in [1.54, 1.807) is 24.3 Å². The van der Waals surface area contributed by atoms with Gasteiger partial charge >= 0.3 is 0 Å². The van der Waals surface area contributed by atoms with Crippen LogP contribution in [0.2, 0.25) is 0 Å². The van der Waals surface area contributed by atoms with Crippen LogP contribution in [0.5, 0.6) is 11.5 Å². The van der Waals surface area contributed by atoms with Crippen LogP contribution in [0.1, 0.15) is 54.4 Å². The number of rotatable bonds is 7. The van der Waals surface area contributed by atoms with Crippen LogP contribution in [-0.4, -0.2) is 73.5 Å². The van der Waals surface area contributed by atoms with Gasteiger partial charge in [-0.1, -0.05) is 55.3 Å². The van der Waals surface area contributed by atoms with Crippen molar-refractivity contribution >= 4 is 29.5 Å². The molecule has 1 fully saturated rings. The Labute approximate surface area is 289 Å². The van der Waals surface area contributed by atoms with Crippen LogP contribution >= 0.6 is 0 Å². The van der Waals surface area contributed by atoms with E-state index in [-0.39, 0.29) is 49.9 Å². The quantitative estimate of drug-likeness (QED) is 0.239. The molecule has 5 amide bonds. The van der Waals surface area contributed by atoms with Crippen molar-refractivity contribution in [2.75, 3.05) is 26.3 Å². The van der Waals surface area contributed by atoms with Gasteiger partial charge in [0.05, 0.1) is 25.1 Å². The Hall–Kier alpha value is -5.46. The van der Waals surface area contributed by atoms with Gasteiger partial charge in [-0.15, -0.1) is 0 Å². The SMILES string of the molecule is O=C1C[C@@H](C(=O)NCCOc2ccc(F)cc2)NC(=O)c2ccccc2OCCCNC(=O)[C@H](Cc2ccccc2)NC(=O)C2(CCCC2)N1. The lowest BCUT2D eigenvalue weighted by atomic mass is 9.94. The molecule has 2 atom stereocenters. The highest BCUT2D eigenvalue weighted by Crippen LogP contribution is 2.30. The number of benzene rings is 3. The van der Waals surface area contributed by atoms with E-state index in [0.717, 1.165) is 5.56 Å². The normalized spacial score (nSPS) is 20.1. The molecule has 1 saturated carbocycles. The Bertz CT molecular complexity index is 1650. The third-order valence-electron chi connectivity index (χ3n) is 8.68. The van der Waals surface area contributed by atoms with Gasteiger partial charge in [0.2, 0.25) is 23.6 Å². The second kappa shape index (κ2) is 17.3. The van der Waals surface area contributed by atoms with Gasteiger partial charge in [-0.2, -0.15) is 0 Å². The molecule has 1 aliphatic carbocycles. The van der Waals surface area contributed by atoms with Crippen molar-refractivity contribution in [3.63, 3.8) is 0 Å². The molecule has 0 radical (unpaired) electrons. The van der Waals surface area contributed by atoms with Gasteiger partial charge in [0.1, 0.15) is 41.5 Å². The molecule has 2 aliphatic rings. The summed E-state index contributed by atoms with van der Waals surface area (Å²) in [6.07, 6.45) is 2.23. The molecule has 1 spiro atoms. The molecule has 0 aromatic heterocycles. The number of carbonyl (C=O) groups is 5. The van der Waals surface area contributed by atoms with Crippen molar-refractivity contribution < 1.29 is 37.8 Å². The molecule has 0 unspecified atom stereocenters. The molecule has 13 heteroatoms. The number of ether oxygens (including phenoxy) is 2. The Morgan fingerprint density at radius 2 is 1.62 bits per heavy atom. The van der Waals surface area contributed by atoms with E-state index >= 15 is 0 Å². The van der Waals surface area contributed by atoms with Crippen molar-refractivity contribution in [2.24, 2.45) is 0 Å². The summed E-state index contributed by atoms with van der Waals surface area (Å²) < 4.78 is 24.7. The smallest absolute Gasteiger partial charge is 0.255 e. The zero-order valence-corrected chi connectivity index (χ0v) is 27.7. The summed E-state index contributed by atoms with van der Waals surface area (Å²) in [7, 11) is 0. The molecular weight excluding hydrogens is 645 g/mol. The lowest BCUT2D eigenvalue weighted by Crippen LogP contribution is -2.62. The first kappa shape index (κ1) is 35.8. The van der Waals surface area contributed by atoms with E-state index in [1.165, 1.54) is 24.3 Å². The molecule has 0 bridgehead atoms. The number of carbonyl (C=O) groups excluding carboxylic acids is 5. The highest BCUT2D eigenvalue weighted by Gasteiger charge is 2.44. The zero-order valence-electron chi connectivity index (χ0n) is 27.7. The van der Waals surface area contributed by atoms with Crippen LogP contribution in [0.25, 0.3) is 0 Å². The maximum atomic E-state index is 13.9. The van der Waals surface area contributed by atoms with Crippen LogP contribution < -0.4 is 36.1 Å². The van der Waals surface area contributed by atoms with E-state index in [9.17, 15) is 28.4 Å². The number of halogens is 1. The Balaban J connectivity index is 1.36. The van der Waals surface area contributed by atoms with Gasteiger partial charge in [0.15, 0.2) is 0 Å². The van der Waals surface area contributed by atoms with Crippen LogP contribution in [0.15, 0.2) is 78.9 Å². The molecule has 1 aliphatic heterocycles. The van der Waals surface area contributed by atoms with Gasteiger partial charge in [-0.3, -0.25) is 24.0 Å². The van der Waals surface area contributed by atoms with Crippen molar-refractivity contribution in [3.05, 3.63) is 95.8 Å². The highest BCUT2D eigenvalue weighted by molar-refractivity contribution is 6.01. The number of nitrogens with one attached hydrogen (secondary N) is 5. The average molecular weight is 688 g/mol. The second-order valence-corrected chi connectivity index (χ2v) is 12.4. The molecule has 12 nitrogen and oxygen atoms in total. The molecule has 3 aromatic carbocycles. The number of fused-ring (bicyclic) bond motifs is 1. The molecule has 50 heavy (non-hydrogen) atoms. The summed E-state index contributed by atoms with van der Waals surface area (Å²) in [5.74, 6) is -2.50. The van der Waals surface area contributed by atoms with Crippen LogP contribution in [0, 0.1) is 5.82 Å². The fraction of sp³-hybridized carbons (Fsp3) is 0.378. The van der Waals surface area contributed by atoms with E-state index in [1.807, 2.05) is 30.3 Å². The van der Waals surface area contributed by atoms with Crippen molar-refractivity contribution in [1.82, 2.24) is 26.6 Å². The number of hydrogen-bond donors (Lipinski definition) is 5. The highest BCUT2D eigenvalue weighted by atomic mass is 19.1. The van der Waals surface area contributed by atoms with Gasteiger partial charge in [-0.25, -0.2) is 4.39 Å². The Morgan fingerprint density at radius 1 is 0.900 bits per heavy atom. The molecule has 1 heterocycles. The molecule has 0 saturated heterocycles. The molecule has 5 rings (SSSR count). The van der Waals surface area contributed by atoms with Crippen LogP contribution in [0.3, 0.4) is 0 Å². The minimum absolute atomic E-state index is 0.0289. The number of hydrogen-bond acceptors (Lipinski definition) is 7. The van der Waals surface area contributed by atoms with E-state index in [0.29, 0.717) is 37.9 Å². The van der Waals surface area contributed by atoms with Gasteiger partial charge in [-0.05, 0) is 61.2 Å². The van der Waals surface area contributed by atoms with E-state index in [2.05, 4.69) is 26.6 Å². The average Bonchev–Trinajstić information content (AvgIpc) is 3.59. The lowest BCUT2D eigenvalue weighted by Gasteiger charge is -2.32. The third kappa shape index (κ3) is 9.80. The largest absolute Gasteiger partial charge is 0.493 e. The molecule has 264 valence electrons. The predicted octanol–water partition coefficient (Wildman–Crippen LogP) is 2.56. The summed E-state index contributed by atoms with van der Waals surface area (Å²) >= 11 is 0. The molecule has 3 aromatic rings. The maximum absolute atomic E-state index is 13.9. The lowest BCUT2D eigenvalue weighted by molar-refractivity contribution is -0.136. The summed E-state index contributed by atoms with van der Waals surface area (Å²) in [5, 5.41) is 14.0.